The first-order valence-corrected chi connectivity index (χ1v) is 6.09. The molecule has 0 saturated carbocycles. The molecule has 4 heteroatoms. The van der Waals surface area contributed by atoms with Crippen LogP contribution in [0.2, 0.25) is 0 Å². The zero-order valence-electron chi connectivity index (χ0n) is 11.3. The van der Waals surface area contributed by atoms with E-state index in [1.807, 2.05) is 32.0 Å². The van der Waals surface area contributed by atoms with Crippen LogP contribution in [0.3, 0.4) is 0 Å². The molecule has 1 N–H and O–H groups in total. The smallest absolute Gasteiger partial charge is 0.257 e. The standard InChI is InChI=1S/C14H21NO3/c1-11-6-4-7-12(2)14(11)18-10-13(16)15-8-5-9-17-3/h4,6-7H,5,8-10H2,1-3H3,(H,15,16). The van der Waals surface area contributed by atoms with Crippen LogP contribution in [0.25, 0.3) is 0 Å². The van der Waals surface area contributed by atoms with E-state index >= 15 is 0 Å². The fraction of sp³-hybridized carbons (Fsp3) is 0.500. The summed E-state index contributed by atoms with van der Waals surface area (Å²) in [6.45, 7) is 5.26. The predicted molar refractivity (Wildman–Crippen MR) is 70.9 cm³/mol. The topological polar surface area (TPSA) is 47.6 Å². The molecule has 0 bridgehead atoms. The summed E-state index contributed by atoms with van der Waals surface area (Å²) < 4.78 is 10.4. The summed E-state index contributed by atoms with van der Waals surface area (Å²) in [7, 11) is 1.64. The van der Waals surface area contributed by atoms with Crippen LogP contribution >= 0.6 is 0 Å². The molecule has 4 nitrogen and oxygen atoms in total. The van der Waals surface area contributed by atoms with E-state index < -0.39 is 0 Å². The largest absolute Gasteiger partial charge is 0.483 e. The van der Waals surface area contributed by atoms with Gasteiger partial charge in [0.05, 0.1) is 0 Å². The summed E-state index contributed by atoms with van der Waals surface area (Å²) in [4.78, 5) is 11.5. The fourth-order valence-electron chi connectivity index (χ4n) is 1.66. The number of hydrogen-bond acceptors (Lipinski definition) is 3. The van der Waals surface area contributed by atoms with Crippen molar-refractivity contribution in [1.82, 2.24) is 5.32 Å². The van der Waals surface area contributed by atoms with Gasteiger partial charge in [-0.15, -0.1) is 0 Å². The Morgan fingerprint density at radius 3 is 2.56 bits per heavy atom. The molecule has 1 aromatic rings. The third-order valence-corrected chi connectivity index (χ3v) is 2.60. The molecule has 0 aliphatic heterocycles. The molecule has 0 heterocycles. The second-order valence-electron chi connectivity index (χ2n) is 4.21. The van der Waals surface area contributed by atoms with Gasteiger partial charge in [-0.05, 0) is 31.4 Å². The Hall–Kier alpha value is -1.55. The minimum absolute atomic E-state index is 0.0542. The van der Waals surface area contributed by atoms with Crippen LogP contribution in [0.15, 0.2) is 18.2 Å². The molecule has 0 aliphatic carbocycles. The number of rotatable bonds is 7. The molecule has 1 aromatic carbocycles. The van der Waals surface area contributed by atoms with Gasteiger partial charge in [-0.25, -0.2) is 0 Å². The molecule has 0 radical (unpaired) electrons. The zero-order chi connectivity index (χ0) is 13.4. The molecule has 0 unspecified atom stereocenters. The second kappa shape index (κ2) is 7.71. The van der Waals surface area contributed by atoms with Crippen molar-refractivity contribution < 1.29 is 14.3 Å². The highest BCUT2D eigenvalue weighted by molar-refractivity contribution is 5.77. The van der Waals surface area contributed by atoms with Crippen LogP contribution in [0, 0.1) is 13.8 Å². The summed E-state index contributed by atoms with van der Waals surface area (Å²) in [5, 5.41) is 2.78. The summed E-state index contributed by atoms with van der Waals surface area (Å²) >= 11 is 0. The van der Waals surface area contributed by atoms with Crippen molar-refractivity contribution in [2.24, 2.45) is 0 Å². The van der Waals surface area contributed by atoms with Gasteiger partial charge in [0.1, 0.15) is 5.75 Å². The summed E-state index contributed by atoms with van der Waals surface area (Å²) in [6.07, 6.45) is 0.811. The number of hydrogen-bond donors (Lipinski definition) is 1. The van der Waals surface area contributed by atoms with Gasteiger partial charge in [-0.3, -0.25) is 4.79 Å². The first-order chi connectivity index (χ1) is 8.65. The van der Waals surface area contributed by atoms with Gasteiger partial charge in [0.2, 0.25) is 0 Å². The number of carbonyl (C=O) groups excluding carboxylic acids is 1. The van der Waals surface area contributed by atoms with Crippen molar-refractivity contribution in [3.8, 4) is 5.75 Å². The molecule has 0 spiro atoms. The molecular formula is C14H21NO3. The second-order valence-corrected chi connectivity index (χ2v) is 4.21. The Bertz CT molecular complexity index is 370. The van der Waals surface area contributed by atoms with E-state index in [0.29, 0.717) is 13.2 Å². The highest BCUT2D eigenvalue weighted by atomic mass is 16.5. The maximum atomic E-state index is 11.5. The first-order valence-electron chi connectivity index (χ1n) is 6.09. The van der Waals surface area contributed by atoms with Crippen molar-refractivity contribution in [1.29, 1.82) is 0 Å². The first kappa shape index (κ1) is 14.5. The molecule has 18 heavy (non-hydrogen) atoms. The van der Waals surface area contributed by atoms with Crippen molar-refractivity contribution in [2.45, 2.75) is 20.3 Å². The van der Waals surface area contributed by atoms with Gasteiger partial charge in [-0.1, -0.05) is 18.2 Å². The van der Waals surface area contributed by atoms with Crippen LogP contribution in [0.4, 0.5) is 0 Å². The highest BCUT2D eigenvalue weighted by Crippen LogP contribution is 2.21. The Morgan fingerprint density at radius 2 is 1.94 bits per heavy atom. The lowest BCUT2D eigenvalue weighted by Gasteiger charge is -2.11. The molecule has 0 saturated heterocycles. The number of benzene rings is 1. The zero-order valence-corrected chi connectivity index (χ0v) is 11.3. The molecule has 0 aromatic heterocycles. The Balaban J connectivity index is 2.34. The maximum Gasteiger partial charge on any atom is 0.257 e. The quantitative estimate of drug-likeness (QED) is 0.752. The third-order valence-electron chi connectivity index (χ3n) is 2.60. The van der Waals surface area contributed by atoms with E-state index in [1.165, 1.54) is 0 Å². The number of nitrogens with one attached hydrogen (secondary N) is 1. The molecule has 1 rings (SSSR count). The van der Waals surface area contributed by atoms with Gasteiger partial charge in [-0.2, -0.15) is 0 Å². The SMILES string of the molecule is COCCCNC(=O)COc1c(C)cccc1C. The van der Waals surface area contributed by atoms with Crippen molar-refractivity contribution >= 4 is 5.91 Å². The number of para-hydroxylation sites is 1. The maximum absolute atomic E-state index is 11.5. The number of amides is 1. The minimum Gasteiger partial charge on any atom is -0.483 e. The number of carbonyl (C=O) groups is 1. The molecule has 0 aliphatic rings. The van der Waals surface area contributed by atoms with E-state index in [4.69, 9.17) is 9.47 Å². The average molecular weight is 251 g/mol. The predicted octanol–water partition coefficient (Wildman–Crippen LogP) is 1.83. The lowest BCUT2D eigenvalue weighted by Crippen LogP contribution is -2.30. The summed E-state index contributed by atoms with van der Waals surface area (Å²) in [5.41, 5.74) is 2.09. The van der Waals surface area contributed by atoms with E-state index in [9.17, 15) is 4.79 Å². The van der Waals surface area contributed by atoms with Gasteiger partial charge < -0.3 is 14.8 Å². The van der Waals surface area contributed by atoms with Gasteiger partial charge in [0.15, 0.2) is 6.61 Å². The van der Waals surface area contributed by atoms with E-state index in [1.54, 1.807) is 7.11 Å². The third kappa shape index (κ3) is 4.75. The van der Waals surface area contributed by atoms with Crippen molar-refractivity contribution in [3.05, 3.63) is 29.3 Å². The van der Waals surface area contributed by atoms with Gasteiger partial charge in [0, 0.05) is 20.3 Å². The van der Waals surface area contributed by atoms with Crippen LogP contribution in [-0.2, 0) is 9.53 Å². The fourth-order valence-corrected chi connectivity index (χ4v) is 1.66. The molecular weight excluding hydrogens is 230 g/mol. The molecule has 0 atom stereocenters. The van der Waals surface area contributed by atoms with E-state index in [2.05, 4.69) is 5.32 Å². The Labute approximate surface area is 108 Å². The monoisotopic (exact) mass is 251 g/mol. The summed E-state index contributed by atoms with van der Waals surface area (Å²) in [6, 6.07) is 5.92. The molecule has 1 amide bonds. The van der Waals surface area contributed by atoms with Gasteiger partial charge >= 0.3 is 0 Å². The number of ether oxygens (including phenoxy) is 2. The number of aryl methyl sites for hydroxylation is 2. The lowest BCUT2D eigenvalue weighted by atomic mass is 10.1. The Morgan fingerprint density at radius 1 is 1.28 bits per heavy atom. The van der Waals surface area contributed by atoms with Crippen LogP contribution < -0.4 is 10.1 Å². The molecule has 100 valence electrons. The van der Waals surface area contributed by atoms with E-state index in [0.717, 1.165) is 23.3 Å². The van der Waals surface area contributed by atoms with Crippen LogP contribution in [0.1, 0.15) is 17.5 Å². The van der Waals surface area contributed by atoms with Gasteiger partial charge in [0.25, 0.3) is 5.91 Å². The normalized spacial score (nSPS) is 10.2. The highest BCUT2D eigenvalue weighted by Gasteiger charge is 2.06. The van der Waals surface area contributed by atoms with Crippen molar-refractivity contribution in [2.75, 3.05) is 26.9 Å². The molecule has 0 fully saturated rings. The van der Waals surface area contributed by atoms with Crippen molar-refractivity contribution in [3.63, 3.8) is 0 Å². The number of methoxy groups -OCH3 is 1. The van der Waals surface area contributed by atoms with Crippen LogP contribution in [-0.4, -0.2) is 32.8 Å². The average Bonchev–Trinajstić information content (AvgIpc) is 2.34. The summed E-state index contributed by atoms with van der Waals surface area (Å²) in [5.74, 6) is 0.693. The van der Waals surface area contributed by atoms with Crippen LogP contribution in [0.5, 0.6) is 5.75 Å². The van der Waals surface area contributed by atoms with E-state index in [-0.39, 0.29) is 12.5 Å². The minimum atomic E-state index is -0.103. The Kier molecular flexibility index (Phi) is 6.22. The lowest BCUT2D eigenvalue weighted by molar-refractivity contribution is -0.123.